The summed E-state index contributed by atoms with van der Waals surface area (Å²) >= 11 is 0. The van der Waals surface area contributed by atoms with E-state index in [0.29, 0.717) is 13.0 Å². The molecule has 21 heavy (non-hydrogen) atoms. The highest BCUT2D eigenvalue weighted by Gasteiger charge is 2.11. The first-order valence-corrected chi connectivity index (χ1v) is 9.23. The van der Waals surface area contributed by atoms with E-state index in [1.807, 2.05) is 6.07 Å². The predicted octanol–water partition coefficient (Wildman–Crippen LogP) is 1.97. The monoisotopic (exact) mass is 309 g/mol. The summed E-state index contributed by atoms with van der Waals surface area (Å²) in [5.74, 6) is 0.446. The Hall–Kier alpha value is -1.40. The maximum absolute atomic E-state index is 11.6. The zero-order valence-electron chi connectivity index (χ0n) is 12.7. The molecule has 2 heterocycles. The number of rotatable bonds is 8. The third kappa shape index (κ3) is 4.04. The molecule has 1 N–H and O–H groups in total. The van der Waals surface area contributed by atoms with Crippen LogP contribution in [0.25, 0.3) is 11.0 Å². The second-order valence-electron chi connectivity index (χ2n) is 5.09. The third-order valence-electron chi connectivity index (χ3n) is 3.58. The second-order valence-corrected chi connectivity index (χ2v) is 7.57. The van der Waals surface area contributed by atoms with Crippen molar-refractivity contribution < 1.29 is 8.42 Å². The van der Waals surface area contributed by atoms with Crippen LogP contribution in [0.4, 0.5) is 0 Å². The molecule has 2 aromatic heterocycles. The lowest BCUT2D eigenvalue weighted by Crippen LogP contribution is -2.12. The van der Waals surface area contributed by atoms with E-state index in [4.69, 9.17) is 0 Å². The zero-order valence-corrected chi connectivity index (χ0v) is 13.5. The van der Waals surface area contributed by atoms with Crippen LogP contribution in [0.15, 0.2) is 24.5 Å². The molecule has 5 nitrogen and oxygen atoms in total. The molecule has 0 unspecified atom stereocenters. The number of aromatic nitrogens is 2. The number of aryl methyl sites for hydroxylation is 1. The topological polar surface area (TPSA) is 64.0 Å². The fourth-order valence-corrected chi connectivity index (χ4v) is 3.22. The first-order chi connectivity index (χ1) is 10.1. The Morgan fingerprint density at radius 3 is 2.86 bits per heavy atom. The second kappa shape index (κ2) is 7.04. The summed E-state index contributed by atoms with van der Waals surface area (Å²) in [5.41, 5.74) is 2.14. The summed E-state index contributed by atoms with van der Waals surface area (Å²) < 4.78 is 25.2. The number of hydrogen-bond donors (Lipinski definition) is 1. The first-order valence-electron chi connectivity index (χ1n) is 7.41. The van der Waals surface area contributed by atoms with Crippen molar-refractivity contribution >= 4 is 20.9 Å². The van der Waals surface area contributed by atoms with Gasteiger partial charge in [-0.2, -0.15) is 0 Å². The molecule has 0 aliphatic rings. The minimum absolute atomic E-state index is 0.212. The average Bonchev–Trinajstić information content (AvgIpc) is 2.83. The van der Waals surface area contributed by atoms with Crippen LogP contribution in [-0.2, 0) is 22.9 Å². The SMILES string of the molecule is CCNCc1cn(CCCS(=O)(=O)CC)c2ncccc12. The van der Waals surface area contributed by atoms with Crippen LogP contribution in [0.3, 0.4) is 0 Å². The molecular formula is C15H23N3O2S. The van der Waals surface area contributed by atoms with Gasteiger partial charge in [0, 0.05) is 36.6 Å². The third-order valence-corrected chi connectivity index (χ3v) is 5.37. The maximum atomic E-state index is 11.6. The Morgan fingerprint density at radius 1 is 1.33 bits per heavy atom. The minimum atomic E-state index is -2.90. The lowest BCUT2D eigenvalue weighted by molar-refractivity contribution is 0.588. The van der Waals surface area contributed by atoms with Gasteiger partial charge in [-0.25, -0.2) is 13.4 Å². The average molecular weight is 309 g/mol. The molecule has 0 atom stereocenters. The van der Waals surface area contributed by atoms with E-state index in [-0.39, 0.29) is 11.5 Å². The summed E-state index contributed by atoms with van der Waals surface area (Å²) in [5, 5.41) is 4.46. The quantitative estimate of drug-likeness (QED) is 0.810. The van der Waals surface area contributed by atoms with Crippen LogP contribution in [0, 0.1) is 0 Å². The molecule has 0 radical (unpaired) electrons. The van der Waals surface area contributed by atoms with E-state index in [1.54, 1.807) is 13.1 Å². The molecule has 0 spiro atoms. The van der Waals surface area contributed by atoms with Gasteiger partial charge in [0.25, 0.3) is 0 Å². The van der Waals surface area contributed by atoms with Crippen molar-refractivity contribution in [1.29, 1.82) is 0 Å². The lowest BCUT2D eigenvalue weighted by atomic mass is 10.2. The van der Waals surface area contributed by atoms with Crippen LogP contribution in [0.1, 0.15) is 25.8 Å². The van der Waals surface area contributed by atoms with Gasteiger partial charge in [0.1, 0.15) is 15.5 Å². The smallest absolute Gasteiger partial charge is 0.150 e. The van der Waals surface area contributed by atoms with E-state index >= 15 is 0 Å². The van der Waals surface area contributed by atoms with Crippen molar-refractivity contribution in [2.45, 2.75) is 33.4 Å². The summed E-state index contributed by atoms with van der Waals surface area (Å²) in [6, 6.07) is 4.00. The fourth-order valence-electron chi connectivity index (χ4n) is 2.37. The number of hydrogen-bond acceptors (Lipinski definition) is 4. The molecule has 0 amide bonds. The van der Waals surface area contributed by atoms with E-state index < -0.39 is 9.84 Å². The van der Waals surface area contributed by atoms with Crippen molar-refractivity contribution in [2.75, 3.05) is 18.1 Å². The van der Waals surface area contributed by atoms with Gasteiger partial charge < -0.3 is 9.88 Å². The molecule has 0 saturated carbocycles. The molecule has 0 bridgehead atoms. The minimum Gasteiger partial charge on any atom is -0.332 e. The first kappa shape index (κ1) is 16.0. The van der Waals surface area contributed by atoms with E-state index in [2.05, 4.69) is 34.1 Å². The molecule has 0 saturated heterocycles. The highest BCUT2D eigenvalue weighted by molar-refractivity contribution is 7.91. The molecular weight excluding hydrogens is 286 g/mol. The van der Waals surface area contributed by atoms with Crippen molar-refractivity contribution in [3.8, 4) is 0 Å². The number of nitrogens with one attached hydrogen (secondary N) is 1. The number of fused-ring (bicyclic) bond motifs is 1. The molecule has 116 valence electrons. The number of nitrogens with zero attached hydrogens (tertiary/aromatic N) is 2. The Bertz CT molecular complexity index is 692. The van der Waals surface area contributed by atoms with Gasteiger partial charge in [-0.15, -0.1) is 0 Å². The van der Waals surface area contributed by atoms with Gasteiger partial charge >= 0.3 is 0 Å². The van der Waals surface area contributed by atoms with Gasteiger partial charge in [0.15, 0.2) is 0 Å². The van der Waals surface area contributed by atoms with Crippen molar-refractivity contribution in [1.82, 2.24) is 14.9 Å². The van der Waals surface area contributed by atoms with Crippen LogP contribution >= 0.6 is 0 Å². The summed E-state index contributed by atoms with van der Waals surface area (Å²) in [7, 11) is -2.90. The number of sulfone groups is 1. The Morgan fingerprint density at radius 2 is 2.14 bits per heavy atom. The summed E-state index contributed by atoms with van der Waals surface area (Å²) in [4.78, 5) is 4.43. The zero-order chi connectivity index (χ0) is 15.3. The van der Waals surface area contributed by atoms with Crippen LogP contribution in [-0.4, -0.2) is 36.0 Å². The van der Waals surface area contributed by atoms with E-state index in [9.17, 15) is 8.42 Å². The highest BCUT2D eigenvalue weighted by Crippen LogP contribution is 2.19. The van der Waals surface area contributed by atoms with E-state index in [0.717, 1.165) is 24.1 Å². The van der Waals surface area contributed by atoms with Crippen molar-refractivity contribution in [3.63, 3.8) is 0 Å². The van der Waals surface area contributed by atoms with Gasteiger partial charge in [-0.3, -0.25) is 0 Å². The van der Waals surface area contributed by atoms with Crippen LogP contribution < -0.4 is 5.32 Å². The Balaban J connectivity index is 2.16. The Labute approximate surface area is 126 Å². The van der Waals surface area contributed by atoms with E-state index in [1.165, 1.54) is 5.56 Å². The largest absolute Gasteiger partial charge is 0.332 e. The highest BCUT2D eigenvalue weighted by atomic mass is 32.2. The fraction of sp³-hybridized carbons (Fsp3) is 0.533. The van der Waals surface area contributed by atoms with Crippen LogP contribution in [0.2, 0.25) is 0 Å². The van der Waals surface area contributed by atoms with Gasteiger partial charge in [0.2, 0.25) is 0 Å². The molecule has 0 fully saturated rings. The Kier molecular flexibility index (Phi) is 5.36. The number of pyridine rings is 1. The molecule has 0 aromatic carbocycles. The van der Waals surface area contributed by atoms with Crippen molar-refractivity contribution in [2.24, 2.45) is 0 Å². The van der Waals surface area contributed by atoms with Gasteiger partial charge in [-0.05, 0) is 30.7 Å². The van der Waals surface area contributed by atoms with Gasteiger partial charge in [0.05, 0.1) is 5.75 Å². The van der Waals surface area contributed by atoms with Gasteiger partial charge in [-0.1, -0.05) is 13.8 Å². The summed E-state index contributed by atoms with van der Waals surface area (Å²) in [6.07, 6.45) is 4.48. The molecule has 6 heteroatoms. The summed E-state index contributed by atoms with van der Waals surface area (Å²) in [6.45, 7) is 6.17. The van der Waals surface area contributed by atoms with Crippen LogP contribution in [0.5, 0.6) is 0 Å². The molecule has 2 rings (SSSR count). The lowest BCUT2D eigenvalue weighted by Gasteiger charge is -2.04. The normalized spacial score (nSPS) is 12.1. The predicted molar refractivity (Wildman–Crippen MR) is 86.1 cm³/mol. The molecule has 2 aromatic rings. The standard InChI is InChI=1S/C15H23N3O2S/c1-3-16-11-13-12-18(9-6-10-21(19,20)4-2)15-14(13)7-5-8-17-15/h5,7-8,12,16H,3-4,6,9-11H2,1-2H3. The maximum Gasteiger partial charge on any atom is 0.150 e. The van der Waals surface area contributed by atoms with Crippen molar-refractivity contribution in [3.05, 3.63) is 30.1 Å². The molecule has 0 aliphatic carbocycles. The molecule has 0 aliphatic heterocycles.